The number of hydrogen-bond donors (Lipinski definition) is 1. The molecule has 1 N–H and O–H groups in total. The van der Waals surface area contributed by atoms with E-state index in [-0.39, 0.29) is 15.8 Å². The number of sulfonamides is 1. The number of benzene rings is 2. The monoisotopic (exact) mass is 471 g/mol. The standard InChI is InChI=1S/C20H23Cl2N3O4S/c1-4-25(5-2)20(27)17-11-8-15(12-18(17)22)23-19(26)13-24(3)30(28,29)16-9-6-14(21)7-10-16/h6-12H,4-5,13H2,1-3H3,(H,23,26). The molecule has 0 unspecified atom stereocenters. The fraction of sp³-hybridized carbons (Fsp3) is 0.300. The normalized spacial score (nSPS) is 11.4. The van der Waals surface area contributed by atoms with E-state index in [1.165, 1.54) is 43.4 Å². The Kier molecular flexibility index (Phi) is 8.25. The van der Waals surface area contributed by atoms with Gasteiger partial charge in [-0.25, -0.2) is 8.42 Å². The fourth-order valence-electron chi connectivity index (χ4n) is 2.72. The Balaban J connectivity index is 2.08. The van der Waals surface area contributed by atoms with Gasteiger partial charge < -0.3 is 10.2 Å². The summed E-state index contributed by atoms with van der Waals surface area (Å²) in [5.74, 6) is -0.745. The molecule has 0 radical (unpaired) electrons. The van der Waals surface area contributed by atoms with E-state index < -0.39 is 22.5 Å². The second-order valence-corrected chi connectivity index (χ2v) is 9.32. The third kappa shape index (κ3) is 5.72. The molecule has 2 rings (SSSR count). The maximum atomic E-state index is 12.6. The maximum Gasteiger partial charge on any atom is 0.255 e. The van der Waals surface area contributed by atoms with Crippen molar-refractivity contribution in [3.63, 3.8) is 0 Å². The molecular formula is C20H23Cl2N3O4S. The van der Waals surface area contributed by atoms with Crippen molar-refractivity contribution in [1.29, 1.82) is 0 Å². The summed E-state index contributed by atoms with van der Waals surface area (Å²) in [5.41, 5.74) is 0.694. The molecule has 162 valence electrons. The highest BCUT2D eigenvalue weighted by molar-refractivity contribution is 7.89. The number of nitrogens with zero attached hydrogens (tertiary/aromatic N) is 2. The van der Waals surface area contributed by atoms with Gasteiger partial charge in [0.25, 0.3) is 5.91 Å². The lowest BCUT2D eigenvalue weighted by Crippen LogP contribution is -2.35. The Morgan fingerprint density at radius 3 is 2.13 bits per heavy atom. The van der Waals surface area contributed by atoms with Crippen LogP contribution < -0.4 is 5.32 Å². The van der Waals surface area contributed by atoms with Crippen molar-refractivity contribution < 1.29 is 18.0 Å². The molecule has 0 spiro atoms. The van der Waals surface area contributed by atoms with Crippen LogP contribution in [0.2, 0.25) is 10.0 Å². The topological polar surface area (TPSA) is 86.8 Å². The SMILES string of the molecule is CCN(CC)C(=O)c1ccc(NC(=O)CN(C)S(=O)(=O)c2ccc(Cl)cc2)cc1Cl. The molecule has 2 amide bonds. The van der Waals surface area contributed by atoms with Gasteiger partial charge in [-0.15, -0.1) is 0 Å². The lowest BCUT2D eigenvalue weighted by atomic mass is 10.1. The zero-order valence-corrected chi connectivity index (χ0v) is 19.2. The van der Waals surface area contributed by atoms with Crippen LogP contribution in [0.15, 0.2) is 47.4 Å². The van der Waals surface area contributed by atoms with E-state index in [0.29, 0.717) is 29.4 Å². The van der Waals surface area contributed by atoms with E-state index >= 15 is 0 Å². The van der Waals surface area contributed by atoms with Gasteiger partial charge in [-0.2, -0.15) is 4.31 Å². The van der Waals surface area contributed by atoms with Crippen LogP contribution in [-0.2, 0) is 14.8 Å². The molecule has 0 saturated heterocycles. The summed E-state index contributed by atoms with van der Waals surface area (Å²) in [5, 5.41) is 3.21. The lowest BCUT2D eigenvalue weighted by molar-refractivity contribution is -0.116. The first-order valence-corrected chi connectivity index (χ1v) is 11.4. The quantitative estimate of drug-likeness (QED) is 0.634. The van der Waals surface area contributed by atoms with Crippen LogP contribution in [0.1, 0.15) is 24.2 Å². The zero-order chi connectivity index (χ0) is 22.5. The number of carbonyl (C=O) groups excluding carboxylic acids is 2. The summed E-state index contributed by atoms with van der Waals surface area (Å²) in [4.78, 5) is 26.4. The molecule has 0 fully saturated rings. The molecular weight excluding hydrogens is 449 g/mol. The summed E-state index contributed by atoms with van der Waals surface area (Å²) in [6.07, 6.45) is 0. The van der Waals surface area contributed by atoms with Gasteiger partial charge in [0, 0.05) is 30.8 Å². The van der Waals surface area contributed by atoms with Crippen molar-refractivity contribution in [3.05, 3.63) is 58.1 Å². The van der Waals surface area contributed by atoms with Gasteiger partial charge in [0.2, 0.25) is 15.9 Å². The van der Waals surface area contributed by atoms with E-state index in [9.17, 15) is 18.0 Å². The van der Waals surface area contributed by atoms with Gasteiger partial charge in [0.15, 0.2) is 0 Å². The van der Waals surface area contributed by atoms with Crippen LogP contribution in [0.25, 0.3) is 0 Å². The summed E-state index contributed by atoms with van der Waals surface area (Å²) < 4.78 is 26.1. The smallest absolute Gasteiger partial charge is 0.255 e. The predicted molar refractivity (Wildman–Crippen MR) is 119 cm³/mol. The summed E-state index contributed by atoms with van der Waals surface area (Å²) in [7, 11) is -2.54. The maximum absolute atomic E-state index is 12.6. The summed E-state index contributed by atoms with van der Waals surface area (Å²) in [6.45, 7) is 4.46. The van der Waals surface area contributed by atoms with Crippen molar-refractivity contribution in [1.82, 2.24) is 9.21 Å². The van der Waals surface area contributed by atoms with E-state index in [2.05, 4.69) is 5.32 Å². The van der Waals surface area contributed by atoms with Crippen LogP contribution in [0.5, 0.6) is 0 Å². The first-order chi connectivity index (χ1) is 14.1. The largest absolute Gasteiger partial charge is 0.339 e. The lowest BCUT2D eigenvalue weighted by Gasteiger charge is -2.20. The number of nitrogens with one attached hydrogen (secondary N) is 1. The fourth-order valence-corrected chi connectivity index (χ4v) is 4.24. The molecule has 0 atom stereocenters. The average molecular weight is 472 g/mol. The third-order valence-corrected chi connectivity index (χ3v) is 6.80. The Hall–Kier alpha value is -2.13. The van der Waals surface area contributed by atoms with Gasteiger partial charge in [-0.3, -0.25) is 9.59 Å². The molecule has 2 aromatic carbocycles. The number of carbonyl (C=O) groups is 2. The molecule has 0 heterocycles. The number of amides is 2. The number of likely N-dealkylation sites (N-methyl/N-ethyl adjacent to an activating group) is 1. The highest BCUT2D eigenvalue weighted by Crippen LogP contribution is 2.23. The van der Waals surface area contributed by atoms with Crippen LogP contribution in [-0.4, -0.2) is 56.1 Å². The Morgan fingerprint density at radius 1 is 1.00 bits per heavy atom. The molecule has 0 aliphatic rings. The molecule has 30 heavy (non-hydrogen) atoms. The van der Waals surface area contributed by atoms with Crippen molar-refractivity contribution in [2.75, 3.05) is 32.0 Å². The molecule has 10 heteroatoms. The van der Waals surface area contributed by atoms with E-state index in [4.69, 9.17) is 23.2 Å². The first kappa shape index (κ1) is 24.1. The molecule has 7 nitrogen and oxygen atoms in total. The Labute approximate surface area is 186 Å². The average Bonchev–Trinajstić information content (AvgIpc) is 2.69. The van der Waals surface area contributed by atoms with Crippen molar-refractivity contribution in [2.24, 2.45) is 0 Å². The molecule has 2 aromatic rings. The van der Waals surface area contributed by atoms with Crippen molar-refractivity contribution in [3.8, 4) is 0 Å². The third-order valence-electron chi connectivity index (χ3n) is 4.42. The summed E-state index contributed by atoms with van der Waals surface area (Å²) >= 11 is 12.0. The van der Waals surface area contributed by atoms with E-state index in [1.54, 1.807) is 11.0 Å². The predicted octanol–water partition coefficient (Wildman–Crippen LogP) is 3.73. The van der Waals surface area contributed by atoms with Gasteiger partial charge in [-0.1, -0.05) is 23.2 Å². The minimum atomic E-state index is -3.85. The molecule has 0 bridgehead atoms. The summed E-state index contributed by atoms with van der Waals surface area (Å²) in [6, 6.07) is 10.2. The number of halogens is 2. The van der Waals surface area contributed by atoms with Gasteiger partial charge in [0.1, 0.15) is 0 Å². The Morgan fingerprint density at radius 2 is 1.60 bits per heavy atom. The second-order valence-electron chi connectivity index (χ2n) is 6.44. The van der Waals surface area contributed by atoms with Crippen LogP contribution in [0.4, 0.5) is 5.69 Å². The van der Waals surface area contributed by atoms with E-state index in [1.807, 2.05) is 13.8 Å². The van der Waals surface area contributed by atoms with Crippen LogP contribution in [0.3, 0.4) is 0 Å². The van der Waals surface area contributed by atoms with Crippen molar-refractivity contribution in [2.45, 2.75) is 18.7 Å². The highest BCUT2D eigenvalue weighted by atomic mass is 35.5. The molecule has 0 saturated carbocycles. The number of hydrogen-bond acceptors (Lipinski definition) is 4. The van der Waals surface area contributed by atoms with Gasteiger partial charge in [0.05, 0.1) is 22.0 Å². The minimum absolute atomic E-state index is 0.0320. The number of anilines is 1. The molecule has 0 aliphatic carbocycles. The van der Waals surface area contributed by atoms with Crippen molar-refractivity contribution >= 4 is 50.7 Å². The second kappa shape index (κ2) is 10.3. The number of rotatable bonds is 8. The highest BCUT2D eigenvalue weighted by Gasteiger charge is 2.23. The molecule has 0 aromatic heterocycles. The van der Waals surface area contributed by atoms with Crippen LogP contribution in [0, 0.1) is 0 Å². The zero-order valence-electron chi connectivity index (χ0n) is 16.9. The minimum Gasteiger partial charge on any atom is -0.339 e. The molecule has 0 aliphatic heterocycles. The van der Waals surface area contributed by atoms with Gasteiger partial charge >= 0.3 is 0 Å². The Bertz CT molecular complexity index is 1020. The van der Waals surface area contributed by atoms with Crippen LogP contribution >= 0.6 is 23.2 Å². The van der Waals surface area contributed by atoms with E-state index in [0.717, 1.165) is 4.31 Å². The van der Waals surface area contributed by atoms with Gasteiger partial charge in [-0.05, 0) is 56.3 Å². The first-order valence-electron chi connectivity index (χ1n) is 9.20.